The quantitative estimate of drug-likeness (QED) is 0.583. The average molecular weight is 413 g/mol. The molecule has 2 aliphatic rings. The molecular weight excluding hydrogens is 397 g/mol. The molecule has 0 radical (unpaired) electrons. The molecule has 6 nitrogen and oxygen atoms in total. The number of benzene rings is 1. The number of nitrogens with one attached hydrogen (secondary N) is 1. The van der Waals surface area contributed by atoms with E-state index in [0.29, 0.717) is 12.0 Å². The van der Waals surface area contributed by atoms with E-state index < -0.39 is 6.04 Å². The normalized spacial score (nSPS) is 24.7. The third kappa shape index (κ3) is 2.32. The van der Waals surface area contributed by atoms with E-state index in [1.165, 1.54) is 0 Å². The van der Waals surface area contributed by atoms with Crippen LogP contribution < -0.4 is 5.32 Å². The van der Waals surface area contributed by atoms with E-state index in [0.717, 1.165) is 9.13 Å². The van der Waals surface area contributed by atoms with Crippen LogP contribution in [0.5, 0.6) is 0 Å². The van der Waals surface area contributed by atoms with Gasteiger partial charge in [-0.05, 0) is 49.2 Å². The summed E-state index contributed by atoms with van der Waals surface area (Å²) in [5.74, 6) is -0.811. The summed E-state index contributed by atoms with van der Waals surface area (Å²) in [4.78, 5) is 40.0. The molecule has 2 aliphatic heterocycles. The van der Waals surface area contributed by atoms with Crippen molar-refractivity contribution in [1.82, 2.24) is 15.1 Å². The largest absolute Gasteiger partial charge is 0.307 e. The Morgan fingerprint density at radius 1 is 1.27 bits per heavy atom. The van der Waals surface area contributed by atoms with E-state index in [9.17, 15) is 14.4 Å². The van der Waals surface area contributed by atoms with Gasteiger partial charge in [0, 0.05) is 15.6 Å². The fourth-order valence-corrected chi connectivity index (χ4v) is 3.91. The van der Waals surface area contributed by atoms with Gasteiger partial charge in [-0.3, -0.25) is 24.6 Å². The first-order valence-corrected chi connectivity index (χ1v) is 8.11. The van der Waals surface area contributed by atoms with Crippen LogP contribution in [0.4, 0.5) is 0 Å². The molecule has 1 N–H and O–H groups in total. The molecule has 0 saturated carbocycles. The van der Waals surface area contributed by atoms with Crippen LogP contribution in [0.15, 0.2) is 18.2 Å². The summed E-state index contributed by atoms with van der Waals surface area (Å²) >= 11 is 2.14. The molecular formula is C15H16IN3O3. The summed E-state index contributed by atoms with van der Waals surface area (Å²) in [6.45, 7) is 0. The third-order valence-electron chi connectivity index (χ3n) is 4.07. The number of fused-ring (bicyclic) bond motifs is 1. The second-order valence-electron chi connectivity index (χ2n) is 5.72. The zero-order chi connectivity index (χ0) is 16.0. The first kappa shape index (κ1) is 15.4. The highest BCUT2D eigenvalue weighted by Crippen LogP contribution is 2.39. The fraction of sp³-hybridized carbons (Fsp3) is 0.400. The fourth-order valence-electron chi connectivity index (χ4n) is 3.16. The molecule has 2 unspecified atom stereocenters. The predicted octanol–water partition coefficient (Wildman–Crippen LogP) is 1.11. The first-order chi connectivity index (χ1) is 10.4. The molecule has 3 amide bonds. The summed E-state index contributed by atoms with van der Waals surface area (Å²) in [5.41, 5.74) is 1.57. The molecule has 2 heterocycles. The van der Waals surface area contributed by atoms with Crippen LogP contribution in [-0.4, -0.2) is 47.7 Å². The average Bonchev–Trinajstić information content (AvgIpc) is 2.73. The zero-order valence-electron chi connectivity index (χ0n) is 12.3. The molecule has 1 saturated heterocycles. The maximum absolute atomic E-state index is 12.9. The Labute approximate surface area is 142 Å². The number of rotatable bonds is 2. The summed E-state index contributed by atoms with van der Waals surface area (Å²) in [6, 6.07) is 5.11. The molecule has 1 aromatic rings. The minimum absolute atomic E-state index is 0.145. The van der Waals surface area contributed by atoms with Crippen molar-refractivity contribution in [2.45, 2.75) is 25.0 Å². The molecule has 0 aliphatic carbocycles. The van der Waals surface area contributed by atoms with Crippen molar-refractivity contribution in [3.05, 3.63) is 32.9 Å². The number of piperidine rings is 1. The van der Waals surface area contributed by atoms with Crippen LogP contribution in [0, 0.1) is 3.57 Å². The van der Waals surface area contributed by atoms with E-state index in [2.05, 4.69) is 27.9 Å². The Bertz CT molecular complexity index is 674. The van der Waals surface area contributed by atoms with Crippen molar-refractivity contribution < 1.29 is 14.4 Å². The number of hydrogen-bond acceptors (Lipinski definition) is 4. The molecule has 3 rings (SSSR count). The lowest BCUT2D eigenvalue weighted by Gasteiger charge is -2.37. The SMILES string of the molecule is CN(C)C1c2cccc(I)c2C(=O)N1C1CCC(=O)NC1=O. The van der Waals surface area contributed by atoms with E-state index in [4.69, 9.17) is 0 Å². The number of halogens is 1. The van der Waals surface area contributed by atoms with Crippen molar-refractivity contribution in [1.29, 1.82) is 0 Å². The molecule has 22 heavy (non-hydrogen) atoms. The molecule has 2 atom stereocenters. The summed E-state index contributed by atoms with van der Waals surface area (Å²) in [6.07, 6.45) is 0.334. The highest BCUT2D eigenvalue weighted by molar-refractivity contribution is 14.1. The standard InChI is InChI=1S/C15H16IN3O3/c1-18(2)14-8-4-3-5-9(16)12(8)15(22)19(14)10-6-7-11(20)17-13(10)21/h3-5,10,14H,6-7H2,1-2H3,(H,17,20,21). The van der Waals surface area contributed by atoms with Gasteiger partial charge in [0.15, 0.2) is 0 Å². The van der Waals surface area contributed by atoms with Gasteiger partial charge in [0.1, 0.15) is 12.2 Å². The Kier molecular flexibility index (Phi) is 3.94. The number of nitrogens with zero attached hydrogens (tertiary/aromatic N) is 2. The highest BCUT2D eigenvalue weighted by atomic mass is 127. The third-order valence-corrected chi connectivity index (χ3v) is 4.97. The number of hydrogen-bond donors (Lipinski definition) is 1. The first-order valence-electron chi connectivity index (χ1n) is 7.03. The highest BCUT2D eigenvalue weighted by Gasteiger charge is 2.46. The zero-order valence-corrected chi connectivity index (χ0v) is 14.5. The topological polar surface area (TPSA) is 69.7 Å². The predicted molar refractivity (Wildman–Crippen MR) is 87.9 cm³/mol. The summed E-state index contributed by atoms with van der Waals surface area (Å²) < 4.78 is 0.877. The number of carbonyl (C=O) groups is 3. The minimum atomic E-state index is -0.610. The molecule has 0 aromatic heterocycles. The second kappa shape index (κ2) is 5.62. The Balaban J connectivity index is 2.05. The smallest absolute Gasteiger partial charge is 0.257 e. The maximum Gasteiger partial charge on any atom is 0.257 e. The van der Waals surface area contributed by atoms with E-state index >= 15 is 0 Å². The summed E-state index contributed by atoms with van der Waals surface area (Å²) in [5, 5.41) is 2.34. The van der Waals surface area contributed by atoms with Crippen molar-refractivity contribution in [2.24, 2.45) is 0 Å². The lowest BCUT2D eigenvalue weighted by molar-refractivity contribution is -0.138. The molecule has 116 valence electrons. The summed E-state index contributed by atoms with van der Waals surface area (Å²) in [7, 11) is 3.76. The second-order valence-corrected chi connectivity index (χ2v) is 6.88. The molecule has 1 fully saturated rings. The lowest BCUT2D eigenvalue weighted by Crippen LogP contribution is -2.55. The Hall–Kier alpha value is -1.48. The Morgan fingerprint density at radius 3 is 2.64 bits per heavy atom. The van der Waals surface area contributed by atoms with Crippen LogP contribution in [0.25, 0.3) is 0 Å². The number of amides is 3. The minimum Gasteiger partial charge on any atom is -0.307 e. The van der Waals surface area contributed by atoms with Crippen LogP contribution in [0.1, 0.15) is 34.9 Å². The lowest BCUT2D eigenvalue weighted by atomic mass is 10.0. The van der Waals surface area contributed by atoms with Gasteiger partial charge in [0.25, 0.3) is 5.91 Å². The van der Waals surface area contributed by atoms with Gasteiger partial charge in [-0.1, -0.05) is 12.1 Å². The van der Waals surface area contributed by atoms with E-state index in [-0.39, 0.29) is 30.3 Å². The molecule has 1 aromatic carbocycles. The van der Waals surface area contributed by atoms with Gasteiger partial charge in [-0.2, -0.15) is 0 Å². The van der Waals surface area contributed by atoms with Gasteiger partial charge in [-0.25, -0.2) is 0 Å². The van der Waals surface area contributed by atoms with Gasteiger partial charge < -0.3 is 4.90 Å². The van der Waals surface area contributed by atoms with Crippen molar-refractivity contribution in [3.63, 3.8) is 0 Å². The number of imide groups is 1. The van der Waals surface area contributed by atoms with Crippen LogP contribution >= 0.6 is 22.6 Å². The van der Waals surface area contributed by atoms with Gasteiger partial charge in [-0.15, -0.1) is 0 Å². The van der Waals surface area contributed by atoms with Crippen molar-refractivity contribution in [2.75, 3.05) is 14.1 Å². The molecule has 0 bridgehead atoms. The Morgan fingerprint density at radius 2 is 2.00 bits per heavy atom. The van der Waals surface area contributed by atoms with Gasteiger partial charge >= 0.3 is 0 Å². The van der Waals surface area contributed by atoms with Crippen molar-refractivity contribution >= 4 is 40.3 Å². The van der Waals surface area contributed by atoms with Crippen LogP contribution in [0.2, 0.25) is 0 Å². The van der Waals surface area contributed by atoms with Crippen LogP contribution in [0.3, 0.4) is 0 Å². The van der Waals surface area contributed by atoms with Gasteiger partial charge in [0.05, 0.1) is 5.56 Å². The molecule has 0 spiro atoms. The maximum atomic E-state index is 12.9. The van der Waals surface area contributed by atoms with Gasteiger partial charge in [0.2, 0.25) is 11.8 Å². The van der Waals surface area contributed by atoms with E-state index in [1.807, 2.05) is 37.2 Å². The number of carbonyl (C=O) groups excluding carboxylic acids is 3. The molecule has 7 heteroatoms. The van der Waals surface area contributed by atoms with Crippen LogP contribution in [-0.2, 0) is 9.59 Å². The van der Waals surface area contributed by atoms with E-state index in [1.54, 1.807) is 4.90 Å². The monoisotopic (exact) mass is 413 g/mol. The van der Waals surface area contributed by atoms with Crippen molar-refractivity contribution in [3.8, 4) is 0 Å².